The average Bonchev–Trinajstić information content (AvgIpc) is 2.95. The van der Waals surface area contributed by atoms with E-state index in [0.29, 0.717) is 0 Å². The molecule has 6 nitrogen and oxygen atoms in total. The first-order valence-corrected chi connectivity index (χ1v) is 5.86. The zero-order chi connectivity index (χ0) is 11.9. The molecule has 6 heteroatoms. The summed E-state index contributed by atoms with van der Waals surface area (Å²) in [5.74, 6) is 0. The van der Waals surface area contributed by atoms with Crippen LogP contribution < -0.4 is 5.32 Å². The molecule has 1 N–H and O–H groups in total. The number of aryl methyl sites for hydroxylation is 2. The highest BCUT2D eigenvalue weighted by Gasteiger charge is 1.98. The second-order valence-corrected chi connectivity index (χ2v) is 4.03. The van der Waals surface area contributed by atoms with Gasteiger partial charge in [-0.3, -0.25) is 4.68 Å². The zero-order valence-corrected chi connectivity index (χ0v) is 10.1. The molecular weight excluding hydrogens is 216 g/mol. The van der Waals surface area contributed by atoms with Crippen LogP contribution in [0.25, 0.3) is 0 Å². The topological polar surface area (TPSA) is 60.6 Å². The van der Waals surface area contributed by atoms with Crippen LogP contribution in [0.5, 0.6) is 0 Å². The summed E-state index contributed by atoms with van der Waals surface area (Å²) >= 11 is 0. The van der Waals surface area contributed by atoms with E-state index in [0.717, 1.165) is 38.2 Å². The lowest BCUT2D eigenvalue weighted by Crippen LogP contribution is -2.17. The molecule has 0 saturated heterocycles. The zero-order valence-electron chi connectivity index (χ0n) is 10.1. The largest absolute Gasteiger partial charge is 0.337 e. The van der Waals surface area contributed by atoms with Gasteiger partial charge in [-0.25, -0.2) is 4.98 Å². The van der Waals surface area contributed by atoms with Crippen LogP contribution in [-0.4, -0.2) is 31.1 Å². The number of nitrogens with zero attached hydrogens (tertiary/aromatic N) is 5. The lowest BCUT2D eigenvalue weighted by Gasteiger charge is -2.05. The van der Waals surface area contributed by atoms with E-state index in [-0.39, 0.29) is 0 Å². The summed E-state index contributed by atoms with van der Waals surface area (Å²) in [7, 11) is 1.91. The first kappa shape index (κ1) is 11.8. The van der Waals surface area contributed by atoms with Gasteiger partial charge in [-0.1, -0.05) is 5.21 Å². The summed E-state index contributed by atoms with van der Waals surface area (Å²) in [4.78, 5) is 4.01. The van der Waals surface area contributed by atoms with Crippen molar-refractivity contribution >= 4 is 0 Å². The number of imidazole rings is 1. The summed E-state index contributed by atoms with van der Waals surface area (Å²) in [5.41, 5.74) is 1.11. The van der Waals surface area contributed by atoms with Crippen molar-refractivity contribution in [2.24, 2.45) is 7.05 Å². The van der Waals surface area contributed by atoms with Crippen LogP contribution in [0.15, 0.2) is 24.9 Å². The summed E-state index contributed by atoms with van der Waals surface area (Å²) in [6.45, 7) is 2.88. The Morgan fingerprint density at radius 1 is 1.35 bits per heavy atom. The monoisotopic (exact) mass is 234 g/mol. The summed E-state index contributed by atoms with van der Waals surface area (Å²) in [6, 6.07) is 0. The van der Waals surface area contributed by atoms with Crippen molar-refractivity contribution in [1.29, 1.82) is 0 Å². The van der Waals surface area contributed by atoms with Crippen LogP contribution in [0.1, 0.15) is 18.5 Å². The third kappa shape index (κ3) is 3.67. The standard InChI is InChI=1S/C11H18N6/c1-16-11(9-14-15-16)8-12-4-2-3-6-17-7-5-13-10-17/h5,7,9-10,12H,2-4,6,8H2,1H3. The number of rotatable bonds is 7. The van der Waals surface area contributed by atoms with Gasteiger partial charge in [-0.05, 0) is 19.4 Å². The van der Waals surface area contributed by atoms with Gasteiger partial charge in [-0.15, -0.1) is 5.10 Å². The SMILES string of the molecule is Cn1nncc1CNCCCCn1ccnc1. The Hall–Kier alpha value is -1.69. The molecule has 0 saturated carbocycles. The minimum atomic E-state index is 0.828. The molecule has 92 valence electrons. The van der Waals surface area contributed by atoms with Gasteiger partial charge in [0.15, 0.2) is 0 Å². The van der Waals surface area contributed by atoms with E-state index in [1.165, 1.54) is 0 Å². The van der Waals surface area contributed by atoms with E-state index in [1.807, 2.05) is 25.8 Å². The van der Waals surface area contributed by atoms with Crippen molar-refractivity contribution in [2.75, 3.05) is 6.54 Å². The van der Waals surface area contributed by atoms with Crippen LogP contribution in [0, 0.1) is 0 Å². The molecule has 0 aliphatic carbocycles. The molecule has 0 atom stereocenters. The Labute approximate surface area is 101 Å². The Balaban J connectivity index is 1.54. The Kier molecular flexibility index (Phi) is 4.26. The molecule has 0 amide bonds. The third-order valence-corrected chi connectivity index (χ3v) is 2.69. The number of unbranched alkanes of at least 4 members (excludes halogenated alkanes) is 1. The fourth-order valence-corrected chi connectivity index (χ4v) is 1.65. The number of nitrogens with one attached hydrogen (secondary N) is 1. The van der Waals surface area contributed by atoms with E-state index >= 15 is 0 Å². The fourth-order valence-electron chi connectivity index (χ4n) is 1.65. The van der Waals surface area contributed by atoms with Crippen molar-refractivity contribution in [1.82, 2.24) is 29.9 Å². The molecule has 0 unspecified atom stereocenters. The van der Waals surface area contributed by atoms with Gasteiger partial charge in [-0.2, -0.15) is 0 Å². The molecule has 17 heavy (non-hydrogen) atoms. The van der Waals surface area contributed by atoms with Crippen LogP contribution in [0.2, 0.25) is 0 Å². The van der Waals surface area contributed by atoms with Gasteiger partial charge in [0, 0.05) is 32.5 Å². The quantitative estimate of drug-likeness (QED) is 0.712. The van der Waals surface area contributed by atoms with Crippen molar-refractivity contribution in [2.45, 2.75) is 25.9 Å². The van der Waals surface area contributed by atoms with E-state index in [4.69, 9.17) is 0 Å². The van der Waals surface area contributed by atoms with Gasteiger partial charge < -0.3 is 9.88 Å². The molecular formula is C11H18N6. The predicted octanol–water partition coefficient (Wildman–Crippen LogP) is 0.582. The lowest BCUT2D eigenvalue weighted by molar-refractivity contribution is 0.555. The third-order valence-electron chi connectivity index (χ3n) is 2.69. The molecule has 0 fully saturated rings. The predicted molar refractivity (Wildman–Crippen MR) is 64.2 cm³/mol. The van der Waals surface area contributed by atoms with E-state index < -0.39 is 0 Å². The first-order chi connectivity index (χ1) is 8.36. The highest BCUT2D eigenvalue weighted by molar-refractivity contribution is 4.91. The lowest BCUT2D eigenvalue weighted by atomic mass is 10.3. The number of aromatic nitrogens is 5. The number of hydrogen-bond acceptors (Lipinski definition) is 4. The van der Waals surface area contributed by atoms with Gasteiger partial charge in [0.25, 0.3) is 0 Å². The van der Waals surface area contributed by atoms with Crippen molar-refractivity contribution in [3.05, 3.63) is 30.6 Å². The van der Waals surface area contributed by atoms with Crippen LogP contribution >= 0.6 is 0 Å². The molecule has 0 aliphatic rings. The summed E-state index contributed by atoms with van der Waals surface area (Å²) < 4.78 is 3.89. The summed E-state index contributed by atoms with van der Waals surface area (Å²) in [5, 5.41) is 11.1. The van der Waals surface area contributed by atoms with Crippen molar-refractivity contribution in [3.8, 4) is 0 Å². The molecule has 0 radical (unpaired) electrons. The van der Waals surface area contributed by atoms with Gasteiger partial charge >= 0.3 is 0 Å². The smallest absolute Gasteiger partial charge is 0.0945 e. The van der Waals surface area contributed by atoms with Crippen LogP contribution in [-0.2, 0) is 20.1 Å². The van der Waals surface area contributed by atoms with Gasteiger partial charge in [0.2, 0.25) is 0 Å². The van der Waals surface area contributed by atoms with Crippen molar-refractivity contribution < 1.29 is 0 Å². The summed E-state index contributed by atoms with van der Waals surface area (Å²) in [6.07, 6.45) is 9.77. The normalized spacial score (nSPS) is 10.9. The Morgan fingerprint density at radius 2 is 2.29 bits per heavy atom. The number of hydrogen-bond donors (Lipinski definition) is 1. The first-order valence-electron chi connectivity index (χ1n) is 5.86. The maximum absolute atomic E-state index is 4.01. The Bertz CT molecular complexity index is 419. The second kappa shape index (κ2) is 6.15. The van der Waals surface area contributed by atoms with Gasteiger partial charge in [0.05, 0.1) is 18.2 Å². The fraction of sp³-hybridized carbons (Fsp3) is 0.545. The molecule has 0 aromatic carbocycles. The molecule has 2 aromatic rings. The highest BCUT2D eigenvalue weighted by atomic mass is 15.4. The van der Waals surface area contributed by atoms with E-state index in [1.54, 1.807) is 10.9 Å². The molecule has 0 aliphatic heterocycles. The molecule has 0 spiro atoms. The Morgan fingerprint density at radius 3 is 3.00 bits per heavy atom. The van der Waals surface area contributed by atoms with Crippen LogP contribution in [0.4, 0.5) is 0 Å². The average molecular weight is 234 g/mol. The second-order valence-electron chi connectivity index (χ2n) is 4.03. The highest BCUT2D eigenvalue weighted by Crippen LogP contribution is 1.96. The van der Waals surface area contributed by atoms with E-state index in [2.05, 4.69) is 25.2 Å². The molecule has 2 aromatic heterocycles. The minimum absolute atomic E-state index is 0.828. The molecule has 2 rings (SSSR count). The maximum Gasteiger partial charge on any atom is 0.0945 e. The molecule has 2 heterocycles. The maximum atomic E-state index is 4.01. The minimum Gasteiger partial charge on any atom is -0.337 e. The van der Waals surface area contributed by atoms with Gasteiger partial charge in [0.1, 0.15) is 0 Å². The van der Waals surface area contributed by atoms with Crippen molar-refractivity contribution in [3.63, 3.8) is 0 Å². The molecule has 0 bridgehead atoms. The van der Waals surface area contributed by atoms with E-state index in [9.17, 15) is 0 Å². The van der Waals surface area contributed by atoms with Crippen LogP contribution in [0.3, 0.4) is 0 Å².